The number of furan rings is 2. The monoisotopic (exact) mass is 1170 g/mol. The van der Waals surface area contributed by atoms with Crippen LogP contribution < -0.4 is 0 Å². The molecule has 76 heavy (non-hydrogen) atoms. The molecule has 9 aromatic carbocycles. The second kappa shape index (κ2) is 20.4. The number of para-hydroxylation sites is 7. The molecule has 0 unspecified atom stereocenters. The Bertz CT molecular complexity index is 4380. The van der Waals surface area contributed by atoms with Crippen molar-refractivity contribution in [3.63, 3.8) is 0 Å². The minimum atomic E-state index is -2.25. The number of nitrogens with zero attached hydrogens (tertiary/aromatic N) is 4. The van der Waals surface area contributed by atoms with Gasteiger partial charge in [-0.2, -0.15) is 0 Å². The zero-order valence-corrected chi connectivity index (χ0v) is 46.4. The maximum atomic E-state index is 8.15. The smallest absolute Gasteiger partial charge is 0.140 e. The number of rotatable bonds is 9. The van der Waals surface area contributed by atoms with Crippen LogP contribution in [0.2, 0.25) is 0 Å². The predicted molar refractivity (Wildman–Crippen MR) is 312 cm³/mol. The summed E-state index contributed by atoms with van der Waals surface area (Å²) in [6.07, 6.45) is 0. The van der Waals surface area contributed by atoms with Crippen molar-refractivity contribution in [1.82, 2.24) is 19.1 Å². The van der Waals surface area contributed by atoms with Crippen molar-refractivity contribution in [2.75, 3.05) is 0 Å². The molecular weight excluding hydrogens is 1110 g/mol. The zero-order chi connectivity index (χ0) is 54.1. The third-order valence-electron chi connectivity index (χ3n) is 14.7. The SMILES string of the molecule is CC(C)c1cc2c(oc3ccccc32)c(C(C)C)c1-n1c(-c2[c-]ccc3c2oc2ccccc23)nc2ccccc21.[2H]C([2H])([2H])c1c[c-]c(-c2nc3ccccc3n2-c2c(C(C)C)cccc2C(C)C)cc1-c1ccccc1.[Ir]. The fourth-order valence-corrected chi connectivity index (χ4v) is 11.1. The Balaban J connectivity index is 0.000000166. The Morgan fingerprint density at radius 3 is 1.66 bits per heavy atom. The number of aryl methyl sites for hydroxylation is 1. The van der Waals surface area contributed by atoms with Crippen LogP contribution in [-0.2, 0) is 20.1 Å². The standard InChI is InChI=1S/C37H29N2O2.C32H31N2.Ir/c1-21(2)27-20-28-24-13-6-10-19-32(24)41-36(28)33(22(3)4)34(27)39-30-17-8-7-16-29(30)38-37(39)26-15-11-14-25-23-12-5-9-18-31(23)40-35(25)26;1-21(2)26-14-11-15-27(22(3)4)31(26)34-30-17-10-9-16-29(30)33-32(34)25-19-18-23(5)28(20-25)24-12-7-6-8-13-24;/h5-14,16-22H,1-4H3;6-18,20-22H,1-5H3;/q2*-1;/i;5D3;. The first-order chi connectivity index (χ1) is 37.7. The van der Waals surface area contributed by atoms with Crippen molar-refractivity contribution in [1.29, 1.82) is 0 Å². The van der Waals surface area contributed by atoms with E-state index in [0.29, 0.717) is 17.4 Å². The fourth-order valence-electron chi connectivity index (χ4n) is 11.1. The molecule has 0 atom stereocenters. The maximum Gasteiger partial charge on any atom is 0.140 e. The largest absolute Gasteiger partial charge is 0.501 e. The van der Waals surface area contributed by atoms with Crippen molar-refractivity contribution in [2.24, 2.45) is 0 Å². The van der Waals surface area contributed by atoms with Crippen LogP contribution in [0.1, 0.15) is 111 Å². The first-order valence-electron chi connectivity index (χ1n) is 27.7. The van der Waals surface area contributed by atoms with E-state index >= 15 is 0 Å². The predicted octanol–water partition coefficient (Wildman–Crippen LogP) is 19.3. The fraction of sp³-hybridized carbons (Fsp3) is 0.188. The Morgan fingerprint density at radius 2 is 1.04 bits per heavy atom. The molecule has 0 N–H and O–H groups in total. The molecule has 7 heteroatoms. The average molecular weight is 1170 g/mol. The van der Waals surface area contributed by atoms with E-state index in [4.69, 9.17) is 22.9 Å². The van der Waals surface area contributed by atoms with Gasteiger partial charge in [-0.1, -0.05) is 188 Å². The van der Waals surface area contributed by atoms with Gasteiger partial charge in [-0.25, -0.2) is 0 Å². The summed E-state index contributed by atoms with van der Waals surface area (Å²) in [4.78, 5) is 10.3. The van der Waals surface area contributed by atoms with Gasteiger partial charge in [-0.3, -0.25) is 9.97 Å². The topological polar surface area (TPSA) is 61.9 Å². The van der Waals surface area contributed by atoms with E-state index in [1.165, 1.54) is 22.3 Å². The van der Waals surface area contributed by atoms with E-state index in [0.717, 1.165) is 106 Å². The van der Waals surface area contributed by atoms with Gasteiger partial charge in [0.15, 0.2) is 0 Å². The van der Waals surface area contributed by atoms with Crippen LogP contribution in [0.25, 0.3) is 111 Å². The molecular formula is C69H60IrN4O2-2. The van der Waals surface area contributed by atoms with E-state index in [1.54, 1.807) is 6.07 Å². The number of hydrogen-bond donors (Lipinski definition) is 0. The summed E-state index contributed by atoms with van der Waals surface area (Å²) in [5.41, 5.74) is 18.0. The van der Waals surface area contributed by atoms with Gasteiger partial charge in [0.1, 0.15) is 16.7 Å². The molecule has 0 saturated heterocycles. The molecule has 0 aliphatic rings. The van der Waals surface area contributed by atoms with Crippen molar-refractivity contribution >= 4 is 65.9 Å². The molecule has 1 radical (unpaired) electrons. The number of benzene rings is 9. The van der Waals surface area contributed by atoms with Crippen LogP contribution in [0.4, 0.5) is 0 Å². The Kier molecular flexibility index (Phi) is 12.5. The van der Waals surface area contributed by atoms with Gasteiger partial charge < -0.3 is 18.0 Å². The third-order valence-corrected chi connectivity index (χ3v) is 14.7. The maximum absolute atomic E-state index is 8.15. The molecule has 0 spiro atoms. The molecule has 13 aromatic rings. The Hall–Kier alpha value is -7.83. The van der Waals surface area contributed by atoms with Gasteiger partial charge in [-0.05, 0) is 88.4 Å². The summed E-state index contributed by atoms with van der Waals surface area (Å²) >= 11 is 0. The molecule has 379 valence electrons. The Morgan fingerprint density at radius 1 is 0.487 bits per heavy atom. The normalized spacial score (nSPS) is 12.6. The molecule has 4 aromatic heterocycles. The summed E-state index contributed by atoms with van der Waals surface area (Å²) in [6.45, 7) is 15.6. The van der Waals surface area contributed by atoms with Crippen molar-refractivity contribution < 1.29 is 33.1 Å². The van der Waals surface area contributed by atoms with Gasteiger partial charge in [0.05, 0.1) is 39.3 Å². The number of fused-ring (bicyclic) bond motifs is 8. The quantitative estimate of drug-likeness (QED) is 0.135. The van der Waals surface area contributed by atoms with Crippen molar-refractivity contribution in [3.8, 4) is 45.3 Å². The first kappa shape index (κ1) is 46.7. The van der Waals surface area contributed by atoms with Gasteiger partial charge in [-0.15, -0.1) is 47.5 Å². The van der Waals surface area contributed by atoms with Crippen LogP contribution >= 0.6 is 0 Å². The molecule has 0 aliphatic heterocycles. The molecule has 13 rings (SSSR count). The van der Waals surface area contributed by atoms with E-state index < -0.39 is 6.85 Å². The second-order valence-electron chi connectivity index (χ2n) is 20.9. The first-order valence-corrected chi connectivity index (χ1v) is 26.2. The van der Waals surface area contributed by atoms with E-state index in [-0.39, 0.29) is 37.5 Å². The molecule has 0 fully saturated rings. The van der Waals surface area contributed by atoms with Gasteiger partial charge in [0, 0.05) is 57.3 Å². The molecule has 0 bridgehead atoms. The molecule has 4 heterocycles. The zero-order valence-electron chi connectivity index (χ0n) is 47.0. The van der Waals surface area contributed by atoms with Crippen molar-refractivity contribution in [3.05, 3.63) is 216 Å². The molecule has 0 amide bonds. The van der Waals surface area contributed by atoms with E-state index in [1.807, 2.05) is 84.9 Å². The second-order valence-corrected chi connectivity index (χ2v) is 20.9. The number of aromatic nitrogens is 4. The van der Waals surface area contributed by atoms with Crippen LogP contribution in [-0.4, -0.2) is 19.1 Å². The molecule has 0 aliphatic carbocycles. The van der Waals surface area contributed by atoms with Gasteiger partial charge >= 0.3 is 0 Å². The third kappa shape index (κ3) is 8.56. The summed E-state index contributed by atoms with van der Waals surface area (Å²) in [5.74, 6) is 2.65. The summed E-state index contributed by atoms with van der Waals surface area (Å²) in [5, 5.41) is 4.46. The summed E-state index contributed by atoms with van der Waals surface area (Å²) in [6, 6.07) is 66.0. The van der Waals surface area contributed by atoms with Crippen LogP contribution in [0.5, 0.6) is 0 Å². The van der Waals surface area contributed by atoms with Crippen LogP contribution in [0, 0.1) is 19.0 Å². The van der Waals surface area contributed by atoms with Crippen LogP contribution in [0.15, 0.2) is 185 Å². The van der Waals surface area contributed by atoms with Gasteiger partial charge in [0.2, 0.25) is 0 Å². The number of imidazole rings is 2. The summed E-state index contributed by atoms with van der Waals surface area (Å²) < 4.78 is 42.1. The minimum absolute atomic E-state index is 0. The van der Waals surface area contributed by atoms with Crippen molar-refractivity contribution in [2.45, 2.75) is 85.9 Å². The summed E-state index contributed by atoms with van der Waals surface area (Å²) in [7, 11) is 0. The van der Waals surface area contributed by atoms with Gasteiger partial charge in [0.25, 0.3) is 0 Å². The molecule has 0 saturated carbocycles. The minimum Gasteiger partial charge on any atom is -0.501 e. The van der Waals surface area contributed by atoms with E-state index in [2.05, 4.69) is 162 Å². The average Bonchev–Trinajstić information content (AvgIpc) is 4.28. The number of hydrogen-bond acceptors (Lipinski definition) is 4. The Labute approximate surface area is 462 Å². The van der Waals surface area contributed by atoms with E-state index in [9.17, 15) is 0 Å². The molecule has 6 nitrogen and oxygen atoms in total. The van der Waals surface area contributed by atoms with Crippen LogP contribution in [0.3, 0.4) is 0 Å².